The fourth-order valence-electron chi connectivity index (χ4n) is 4.25. The molecule has 0 spiro atoms. The van der Waals surface area contributed by atoms with E-state index in [9.17, 15) is 9.90 Å². The summed E-state index contributed by atoms with van der Waals surface area (Å²) in [5.41, 5.74) is 3.65. The van der Waals surface area contributed by atoms with Crippen LogP contribution in [0.4, 0.5) is 0 Å². The van der Waals surface area contributed by atoms with E-state index in [1.165, 1.54) is 0 Å². The highest BCUT2D eigenvalue weighted by Crippen LogP contribution is 2.34. The van der Waals surface area contributed by atoms with Crippen molar-refractivity contribution in [3.05, 3.63) is 35.1 Å². The number of rotatable bonds is 2. The summed E-state index contributed by atoms with van der Waals surface area (Å²) in [7, 11) is 0. The minimum atomic E-state index is -0.340. The number of ether oxygens (including phenoxy) is 1. The summed E-state index contributed by atoms with van der Waals surface area (Å²) in [6.45, 7) is 5.69. The minimum Gasteiger partial charge on any atom is -0.463 e. The molecule has 3 atom stereocenters. The SMILES string of the molecule is Cc1cc2occ(C(=O)N3CCOC[C@@H]3[C@@H]3CCC[C@H]3O)c2cc1C. The second-order valence-electron chi connectivity index (χ2n) is 7.38. The molecule has 1 aromatic carbocycles. The third-order valence-electron chi connectivity index (χ3n) is 5.87. The lowest BCUT2D eigenvalue weighted by atomic mass is 9.93. The van der Waals surface area contributed by atoms with E-state index in [1.54, 1.807) is 6.26 Å². The van der Waals surface area contributed by atoms with Gasteiger partial charge in [0.25, 0.3) is 5.91 Å². The quantitative estimate of drug-likeness (QED) is 0.910. The number of carbonyl (C=O) groups is 1. The largest absolute Gasteiger partial charge is 0.463 e. The van der Waals surface area contributed by atoms with Gasteiger partial charge in [0.15, 0.2) is 0 Å². The number of aryl methyl sites for hydroxylation is 2. The normalized spacial score (nSPS) is 27.2. The van der Waals surface area contributed by atoms with E-state index >= 15 is 0 Å². The zero-order valence-corrected chi connectivity index (χ0v) is 14.8. The first-order valence-corrected chi connectivity index (χ1v) is 9.11. The average Bonchev–Trinajstić information content (AvgIpc) is 3.21. The molecule has 2 aliphatic rings. The van der Waals surface area contributed by atoms with Gasteiger partial charge in [-0.1, -0.05) is 6.42 Å². The maximum absolute atomic E-state index is 13.3. The summed E-state index contributed by atoms with van der Waals surface area (Å²) in [4.78, 5) is 15.2. The van der Waals surface area contributed by atoms with Crippen molar-refractivity contribution in [3.8, 4) is 0 Å². The lowest BCUT2D eigenvalue weighted by Crippen LogP contribution is -2.53. The van der Waals surface area contributed by atoms with E-state index in [4.69, 9.17) is 9.15 Å². The molecule has 5 nitrogen and oxygen atoms in total. The lowest BCUT2D eigenvalue weighted by Gasteiger charge is -2.40. The van der Waals surface area contributed by atoms with Gasteiger partial charge in [-0.05, 0) is 49.9 Å². The van der Waals surface area contributed by atoms with Gasteiger partial charge in [-0.25, -0.2) is 0 Å². The van der Waals surface area contributed by atoms with Crippen molar-refractivity contribution in [2.24, 2.45) is 5.92 Å². The van der Waals surface area contributed by atoms with Gasteiger partial charge in [-0.2, -0.15) is 0 Å². The molecule has 4 rings (SSSR count). The first kappa shape index (κ1) is 16.6. The Balaban J connectivity index is 1.68. The predicted octanol–water partition coefficient (Wildman–Crippen LogP) is 3.05. The van der Waals surface area contributed by atoms with Gasteiger partial charge in [-0.15, -0.1) is 0 Å². The van der Waals surface area contributed by atoms with Crippen LogP contribution in [0.25, 0.3) is 11.0 Å². The summed E-state index contributed by atoms with van der Waals surface area (Å²) in [6, 6.07) is 3.95. The minimum absolute atomic E-state index is 0.0191. The number of morpholine rings is 1. The average molecular weight is 343 g/mol. The second-order valence-corrected chi connectivity index (χ2v) is 7.38. The number of nitrogens with zero attached hydrogens (tertiary/aromatic N) is 1. The molecule has 0 radical (unpaired) electrons. The molecule has 1 saturated carbocycles. The molecule has 0 unspecified atom stereocenters. The second kappa shape index (κ2) is 6.46. The van der Waals surface area contributed by atoms with Gasteiger partial charge < -0.3 is 19.2 Å². The highest BCUT2D eigenvalue weighted by atomic mass is 16.5. The van der Waals surface area contributed by atoms with E-state index in [2.05, 4.69) is 0 Å². The lowest BCUT2D eigenvalue weighted by molar-refractivity contribution is -0.0383. The van der Waals surface area contributed by atoms with E-state index < -0.39 is 0 Å². The number of benzene rings is 1. The van der Waals surface area contributed by atoms with Crippen molar-refractivity contribution in [1.29, 1.82) is 0 Å². The van der Waals surface area contributed by atoms with E-state index in [1.807, 2.05) is 30.9 Å². The molecule has 25 heavy (non-hydrogen) atoms. The molecule has 1 aromatic heterocycles. The number of hydrogen-bond acceptors (Lipinski definition) is 4. The van der Waals surface area contributed by atoms with Crippen LogP contribution in [0.5, 0.6) is 0 Å². The number of aliphatic hydroxyl groups excluding tert-OH is 1. The number of aliphatic hydroxyl groups is 1. The molecular formula is C20H25NO4. The van der Waals surface area contributed by atoms with Crippen LogP contribution in [-0.4, -0.2) is 47.8 Å². The van der Waals surface area contributed by atoms with E-state index in [0.29, 0.717) is 25.3 Å². The monoisotopic (exact) mass is 343 g/mol. The summed E-state index contributed by atoms with van der Waals surface area (Å²) in [5, 5.41) is 11.2. The van der Waals surface area contributed by atoms with Gasteiger partial charge in [0.05, 0.1) is 30.9 Å². The summed E-state index contributed by atoms with van der Waals surface area (Å²) in [5.74, 6) is 0.0841. The van der Waals surface area contributed by atoms with Gasteiger partial charge in [0.2, 0.25) is 0 Å². The molecule has 1 amide bonds. The number of amides is 1. The zero-order valence-electron chi connectivity index (χ0n) is 14.8. The zero-order chi connectivity index (χ0) is 17.6. The van der Waals surface area contributed by atoms with E-state index in [0.717, 1.165) is 41.4 Å². The number of hydrogen-bond donors (Lipinski definition) is 1. The maximum atomic E-state index is 13.3. The molecule has 2 aromatic rings. The van der Waals surface area contributed by atoms with Crippen molar-refractivity contribution in [2.45, 2.75) is 45.3 Å². The van der Waals surface area contributed by atoms with E-state index in [-0.39, 0.29) is 24.0 Å². The van der Waals surface area contributed by atoms with Crippen LogP contribution >= 0.6 is 0 Å². The van der Waals surface area contributed by atoms with Gasteiger partial charge in [0, 0.05) is 17.8 Å². The Labute approximate surface area is 147 Å². The van der Waals surface area contributed by atoms with Crippen LogP contribution in [-0.2, 0) is 4.74 Å². The Morgan fingerprint density at radius 1 is 1.24 bits per heavy atom. The molecule has 2 heterocycles. The van der Waals surface area contributed by atoms with Crippen LogP contribution in [0.15, 0.2) is 22.8 Å². The van der Waals surface area contributed by atoms with Crippen molar-refractivity contribution >= 4 is 16.9 Å². The van der Waals surface area contributed by atoms with Crippen LogP contribution in [0.2, 0.25) is 0 Å². The van der Waals surface area contributed by atoms with Crippen molar-refractivity contribution in [1.82, 2.24) is 4.90 Å². The molecule has 1 aliphatic carbocycles. The van der Waals surface area contributed by atoms with Crippen LogP contribution in [0.3, 0.4) is 0 Å². The van der Waals surface area contributed by atoms with Gasteiger partial charge in [0.1, 0.15) is 11.8 Å². The fraction of sp³-hybridized carbons (Fsp3) is 0.550. The highest BCUT2D eigenvalue weighted by Gasteiger charge is 2.40. The van der Waals surface area contributed by atoms with Gasteiger partial charge >= 0.3 is 0 Å². The van der Waals surface area contributed by atoms with Crippen molar-refractivity contribution < 1.29 is 19.1 Å². The van der Waals surface area contributed by atoms with Crippen LogP contribution in [0, 0.1) is 19.8 Å². The van der Waals surface area contributed by atoms with Crippen molar-refractivity contribution in [3.63, 3.8) is 0 Å². The third kappa shape index (κ3) is 2.85. The molecule has 2 fully saturated rings. The number of carbonyl (C=O) groups excluding carboxylic acids is 1. The summed E-state index contributed by atoms with van der Waals surface area (Å²) < 4.78 is 11.3. The molecular weight excluding hydrogens is 318 g/mol. The molecule has 0 bridgehead atoms. The smallest absolute Gasteiger partial charge is 0.258 e. The summed E-state index contributed by atoms with van der Waals surface area (Å²) in [6.07, 6.45) is 4.01. The molecule has 1 saturated heterocycles. The third-order valence-corrected chi connectivity index (χ3v) is 5.87. The Hall–Kier alpha value is -1.85. The Morgan fingerprint density at radius 2 is 2.04 bits per heavy atom. The first-order valence-electron chi connectivity index (χ1n) is 9.11. The topological polar surface area (TPSA) is 62.9 Å². The fourth-order valence-corrected chi connectivity index (χ4v) is 4.25. The Kier molecular flexibility index (Phi) is 4.29. The number of furan rings is 1. The Morgan fingerprint density at radius 3 is 2.80 bits per heavy atom. The molecule has 134 valence electrons. The predicted molar refractivity (Wildman–Crippen MR) is 94.7 cm³/mol. The molecule has 1 N–H and O–H groups in total. The van der Waals surface area contributed by atoms with Gasteiger partial charge in [-0.3, -0.25) is 4.79 Å². The molecule has 5 heteroatoms. The van der Waals surface area contributed by atoms with Crippen LogP contribution < -0.4 is 0 Å². The summed E-state index contributed by atoms with van der Waals surface area (Å²) >= 11 is 0. The maximum Gasteiger partial charge on any atom is 0.258 e. The van der Waals surface area contributed by atoms with Crippen molar-refractivity contribution in [2.75, 3.05) is 19.8 Å². The Bertz CT molecular complexity index is 796. The highest BCUT2D eigenvalue weighted by molar-refractivity contribution is 6.06. The number of fused-ring (bicyclic) bond motifs is 1. The first-order chi connectivity index (χ1) is 12.1. The standard InChI is InChI=1S/C20H25NO4/c1-12-8-15-16(10-25-19(15)9-13(12)2)20(23)21-6-7-24-11-17(21)14-4-3-5-18(14)22/h8-10,14,17-18,22H,3-7,11H2,1-2H3/t14-,17+,18+/m0/s1. The van der Waals surface area contributed by atoms with Crippen LogP contribution in [0.1, 0.15) is 40.7 Å². The molecule has 1 aliphatic heterocycles.